The standard InChI is InChI=1S/C26H24ClN3O2/c1-16-11-12-19(17(2)13-16)23-14-26(32)30(24-10-5-4-8-22(24)28-23)15-25(31)29-21-9-6-7-20(27)18(21)3/h4-13H,14-15H2,1-3H3,(H,29,31). The van der Waals surface area contributed by atoms with Crippen LogP contribution >= 0.6 is 11.6 Å². The summed E-state index contributed by atoms with van der Waals surface area (Å²) in [4.78, 5) is 32.5. The fourth-order valence-electron chi connectivity index (χ4n) is 3.89. The molecule has 0 atom stereocenters. The molecule has 0 spiro atoms. The number of fused-ring (bicyclic) bond motifs is 1. The quantitative estimate of drug-likeness (QED) is 0.554. The molecule has 1 heterocycles. The van der Waals surface area contributed by atoms with Crippen LogP contribution < -0.4 is 10.2 Å². The van der Waals surface area contributed by atoms with Crippen LogP contribution in [0, 0.1) is 20.8 Å². The predicted molar refractivity (Wildman–Crippen MR) is 130 cm³/mol. The van der Waals surface area contributed by atoms with Crippen molar-refractivity contribution in [1.29, 1.82) is 0 Å². The molecule has 0 aromatic heterocycles. The van der Waals surface area contributed by atoms with Crippen molar-refractivity contribution in [2.75, 3.05) is 16.8 Å². The largest absolute Gasteiger partial charge is 0.324 e. The number of rotatable bonds is 4. The van der Waals surface area contributed by atoms with Crippen LogP contribution in [0.5, 0.6) is 0 Å². The number of hydrogen-bond donors (Lipinski definition) is 1. The first-order valence-corrected chi connectivity index (χ1v) is 10.8. The number of nitrogens with one attached hydrogen (secondary N) is 1. The van der Waals surface area contributed by atoms with Crippen molar-refractivity contribution in [2.24, 2.45) is 4.99 Å². The van der Waals surface area contributed by atoms with Crippen molar-refractivity contribution in [3.05, 3.63) is 87.9 Å². The van der Waals surface area contributed by atoms with Crippen molar-refractivity contribution in [1.82, 2.24) is 0 Å². The third kappa shape index (κ3) is 4.43. The van der Waals surface area contributed by atoms with Gasteiger partial charge in [0.1, 0.15) is 6.54 Å². The van der Waals surface area contributed by atoms with E-state index < -0.39 is 0 Å². The van der Waals surface area contributed by atoms with Gasteiger partial charge in [0.15, 0.2) is 0 Å². The lowest BCUT2D eigenvalue weighted by atomic mass is 9.99. The summed E-state index contributed by atoms with van der Waals surface area (Å²) in [5.74, 6) is -0.472. The number of halogens is 1. The van der Waals surface area contributed by atoms with Gasteiger partial charge in [-0.2, -0.15) is 0 Å². The number of hydrogen-bond acceptors (Lipinski definition) is 3. The van der Waals surface area contributed by atoms with Gasteiger partial charge in [0.25, 0.3) is 0 Å². The number of nitrogens with zero attached hydrogens (tertiary/aromatic N) is 2. The van der Waals surface area contributed by atoms with Crippen molar-refractivity contribution in [3.8, 4) is 0 Å². The summed E-state index contributed by atoms with van der Waals surface area (Å²) in [6, 6.07) is 18.9. The van der Waals surface area contributed by atoms with Crippen LogP contribution in [0.1, 0.15) is 28.7 Å². The molecule has 0 unspecified atom stereocenters. The highest BCUT2D eigenvalue weighted by molar-refractivity contribution is 6.31. The van der Waals surface area contributed by atoms with Gasteiger partial charge in [-0.1, -0.05) is 53.6 Å². The fourth-order valence-corrected chi connectivity index (χ4v) is 4.06. The highest BCUT2D eigenvalue weighted by Gasteiger charge is 2.27. The lowest BCUT2D eigenvalue weighted by molar-refractivity contribution is -0.120. The normalized spacial score (nSPS) is 13.3. The Balaban J connectivity index is 1.64. The van der Waals surface area contributed by atoms with Gasteiger partial charge in [0, 0.05) is 10.7 Å². The molecule has 0 aliphatic carbocycles. The Bertz CT molecular complexity index is 1250. The van der Waals surface area contributed by atoms with Crippen LogP contribution in [-0.4, -0.2) is 24.1 Å². The van der Waals surface area contributed by atoms with Gasteiger partial charge in [0.05, 0.1) is 23.5 Å². The molecule has 0 bridgehead atoms. The topological polar surface area (TPSA) is 61.8 Å². The number of aliphatic imine (C=N–C) groups is 1. The van der Waals surface area contributed by atoms with Gasteiger partial charge >= 0.3 is 0 Å². The minimum Gasteiger partial charge on any atom is -0.324 e. The molecular weight excluding hydrogens is 422 g/mol. The zero-order valence-electron chi connectivity index (χ0n) is 18.3. The Morgan fingerprint density at radius 3 is 2.62 bits per heavy atom. The van der Waals surface area contributed by atoms with E-state index in [1.165, 1.54) is 4.90 Å². The van der Waals surface area contributed by atoms with Crippen LogP contribution in [-0.2, 0) is 9.59 Å². The van der Waals surface area contributed by atoms with Crippen LogP contribution in [0.25, 0.3) is 0 Å². The number of carbonyl (C=O) groups is 2. The molecule has 1 N–H and O–H groups in total. The molecule has 162 valence electrons. The van der Waals surface area contributed by atoms with Crippen LogP contribution in [0.15, 0.2) is 65.7 Å². The van der Waals surface area contributed by atoms with Gasteiger partial charge in [-0.25, -0.2) is 0 Å². The highest BCUT2D eigenvalue weighted by Crippen LogP contribution is 2.33. The Morgan fingerprint density at radius 2 is 1.84 bits per heavy atom. The number of carbonyl (C=O) groups excluding carboxylic acids is 2. The van der Waals surface area contributed by atoms with E-state index >= 15 is 0 Å². The summed E-state index contributed by atoms with van der Waals surface area (Å²) in [7, 11) is 0. The van der Waals surface area contributed by atoms with Crippen molar-refractivity contribution >= 4 is 46.2 Å². The first-order chi connectivity index (χ1) is 15.3. The average Bonchev–Trinajstić information content (AvgIpc) is 2.88. The molecule has 2 amide bonds. The molecule has 3 aromatic rings. The molecule has 1 aliphatic rings. The minimum atomic E-state index is -0.298. The smallest absolute Gasteiger partial charge is 0.244 e. The maximum Gasteiger partial charge on any atom is 0.244 e. The van der Waals surface area contributed by atoms with Crippen molar-refractivity contribution < 1.29 is 9.59 Å². The highest BCUT2D eigenvalue weighted by atomic mass is 35.5. The molecule has 0 saturated carbocycles. The van der Waals surface area contributed by atoms with E-state index in [0.717, 1.165) is 22.3 Å². The summed E-state index contributed by atoms with van der Waals surface area (Å²) >= 11 is 6.17. The molecule has 32 heavy (non-hydrogen) atoms. The minimum absolute atomic E-state index is 0.113. The van der Waals surface area contributed by atoms with E-state index in [2.05, 4.69) is 11.4 Å². The van der Waals surface area contributed by atoms with Gasteiger partial charge in [-0.15, -0.1) is 0 Å². The summed E-state index contributed by atoms with van der Waals surface area (Å²) in [5, 5.41) is 3.45. The molecule has 0 radical (unpaired) electrons. The Kier molecular flexibility index (Phi) is 6.10. The summed E-state index contributed by atoms with van der Waals surface area (Å²) in [6.07, 6.45) is 0.113. The van der Waals surface area contributed by atoms with E-state index in [1.807, 2.05) is 57.2 Å². The van der Waals surface area contributed by atoms with E-state index in [-0.39, 0.29) is 24.8 Å². The maximum atomic E-state index is 13.3. The second-order valence-corrected chi connectivity index (χ2v) is 8.39. The van der Waals surface area contributed by atoms with Gasteiger partial charge < -0.3 is 10.2 Å². The van der Waals surface area contributed by atoms with Crippen LogP contribution in [0.2, 0.25) is 5.02 Å². The maximum absolute atomic E-state index is 13.3. The Labute approximate surface area is 192 Å². The number of para-hydroxylation sites is 2. The van der Waals surface area contributed by atoms with E-state index in [4.69, 9.17) is 16.6 Å². The second kappa shape index (κ2) is 8.97. The molecule has 1 aliphatic heterocycles. The van der Waals surface area contributed by atoms with Gasteiger partial charge in [-0.3, -0.25) is 14.6 Å². The number of benzene rings is 3. The molecule has 0 fully saturated rings. The van der Waals surface area contributed by atoms with Crippen LogP contribution in [0.3, 0.4) is 0 Å². The molecule has 4 rings (SSSR count). The molecule has 3 aromatic carbocycles. The van der Waals surface area contributed by atoms with Gasteiger partial charge in [0.2, 0.25) is 11.8 Å². The van der Waals surface area contributed by atoms with Crippen molar-refractivity contribution in [2.45, 2.75) is 27.2 Å². The summed E-state index contributed by atoms with van der Waals surface area (Å²) < 4.78 is 0. The summed E-state index contributed by atoms with van der Waals surface area (Å²) in [6.45, 7) is 5.78. The fraction of sp³-hybridized carbons (Fsp3) is 0.192. The lowest BCUT2D eigenvalue weighted by Crippen LogP contribution is -2.38. The third-order valence-electron chi connectivity index (χ3n) is 5.58. The summed E-state index contributed by atoms with van der Waals surface area (Å²) in [5.41, 5.74) is 6.57. The lowest BCUT2D eigenvalue weighted by Gasteiger charge is -2.22. The predicted octanol–water partition coefficient (Wildman–Crippen LogP) is 5.76. The van der Waals surface area contributed by atoms with Crippen LogP contribution in [0.4, 0.5) is 17.1 Å². The second-order valence-electron chi connectivity index (χ2n) is 7.98. The molecule has 5 nitrogen and oxygen atoms in total. The van der Waals surface area contributed by atoms with E-state index in [9.17, 15) is 9.59 Å². The number of aryl methyl sites for hydroxylation is 2. The average molecular weight is 446 g/mol. The zero-order chi connectivity index (χ0) is 22.8. The molecule has 0 saturated heterocycles. The SMILES string of the molecule is Cc1ccc(C2=Nc3ccccc3N(CC(=O)Nc3cccc(Cl)c3C)C(=O)C2)c(C)c1. The zero-order valence-corrected chi connectivity index (χ0v) is 19.0. The van der Waals surface area contributed by atoms with Crippen molar-refractivity contribution in [3.63, 3.8) is 0 Å². The Morgan fingerprint density at radius 1 is 1.06 bits per heavy atom. The Hall–Kier alpha value is -3.44. The van der Waals surface area contributed by atoms with Gasteiger partial charge in [-0.05, 0) is 61.7 Å². The molecular formula is C26H24ClN3O2. The number of amides is 2. The number of anilines is 2. The third-order valence-corrected chi connectivity index (χ3v) is 5.99. The first kappa shape index (κ1) is 21.8. The van der Waals surface area contributed by atoms with E-state index in [1.54, 1.807) is 18.2 Å². The van der Waals surface area contributed by atoms with E-state index in [0.29, 0.717) is 27.8 Å². The monoisotopic (exact) mass is 445 g/mol. The first-order valence-electron chi connectivity index (χ1n) is 10.4. The molecule has 6 heteroatoms.